The molecule has 2 aromatic heterocycles. The summed E-state index contributed by atoms with van der Waals surface area (Å²) in [5.74, 6) is -3.75. The number of halogens is 2. The molecule has 11 heteroatoms. The molecule has 0 amide bonds. The first-order valence-corrected chi connectivity index (χ1v) is 11.5. The Morgan fingerprint density at radius 1 is 1.12 bits per heavy atom. The van der Waals surface area contributed by atoms with Gasteiger partial charge in [0.15, 0.2) is 11.5 Å². The summed E-state index contributed by atoms with van der Waals surface area (Å²) in [4.78, 5) is 17.3. The normalized spacial score (nSPS) is 11.6. The van der Waals surface area contributed by atoms with Gasteiger partial charge in [0.25, 0.3) is 0 Å². The number of ketones is 1. The summed E-state index contributed by atoms with van der Waals surface area (Å²) in [5.41, 5.74) is -0.247. The highest BCUT2D eigenvalue weighted by Crippen LogP contribution is 2.29. The maximum Gasteiger partial charge on any atom is 0.232 e. The Kier molecular flexibility index (Phi) is 5.81. The van der Waals surface area contributed by atoms with Crippen molar-refractivity contribution < 1.29 is 27.1 Å². The molecule has 0 fully saturated rings. The number of aromatic hydroxyl groups is 1. The van der Waals surface area contributed by atoms with E-state index in [4.69, 9.17) is 0 Å². The molecule has 0 bridgehead atoms. The summed E-state index contributed by atoms with van der Waals surface area (Å²) < 4.78 is 55.7. The summed E-state index contributed by atoms with van der Waals surface area (Å²) in [6.45, 7) is 1.64. The third kappa shape index (κ3) is 4.40. The number of fused-ring (bicyclic) bond motifs is 1. The number of anilines is 1. The fraction of sp³-hybridized carbons (Fsp3) is 0.136. The zero-order valence-corrected chi connectivity index (χ0v) is 18.1. The zero-order valence-electron chi connectivity index (χ0n) is 17.3. The highest BCUT2D eigenvalue weighted by molar-refractivity contribution is 7.92. The SMILES string of the molecule is CCCS(=O)(=O)Nc1ccc(F)c(C(=O)c2n[nH]c3ncc(-c4ccc(O)cc4)cc23)c1F. The lowest BCUT2D eigenvalue weighted by Gasteiger charge is -2.11. The van der Waals surface area contributed by atoms with Crippen LogP contribution in [-0.2, 0) is 10.0 Å². The van der Waals surface area contributed by atoms with E-state index in [0.717, 1.165) is 12.1 Å². The van der Waals surface area contributed by atoms with Crippen molar-refractivity contribution >= 4 is 32.5 Å². The number of H-pyrrole nitrogens is 1. The van der Waals surface area contributed by atoms with Crippen LogP contribution in [0.25, 0.3) is 22.2 Å². The van der Waals surface area contributed by atoms with Crippen molar-refractivity contribution in [3.63, 3.8) is 0 Å². The molecular weight excluding hydrogens is 454 g/mol. The smallest absolute Gasteiger partial charge is 0.232 e. The van der Waals surface area contributed by atoms with E-state index in [-0.39, 0.29) is 28.2 Å². The lowest BCUT2D eigenvalue weighted by Crippen LogP contribution is -2.18. The number of rotatable bonds is 7. The molecule has 33 heavy (non-hydrogen) atoms. The lowest BCUT2D eigenvalue weighted by molar-refractivity contribution is 0.102. The highest BCUT2D eigenvalue weighted by Gasteiger charge is 2.27. The number of hydrogen-bond acceptors (Lipinski definition) is 6. The molecule has 0 aliphatic carbocycles. The fourth-order valence-electron chi connectivity index (χ4n) is 3.33. The molecule has 0 unspecified atom stereocenters. The Morgan fingerprint density at radius 3 is 2.55 bits per heavy atom. The van der Waals surface area contributed by atoms with Crippen molar-refractivity contribution in [1.29, 1.82) is 0 Å². The molecule has 0 saturated carbocycles. The van der Waals surface area contributed by atoms with Crippen LogP contribution in [0.15, 0.2) is 48.7 Å². The van der Waals surface area contributed by atoms with Gasteiger partial charge in [0, 0.05) is 11.8 Å². The first-order chi connectivity index (χ1) is 15.7. The Balaban J connectivity index is 1.78. The van der Waals surface area contributed by atoms with Crippen LogP contribution in [0.5, 0.6) is 5.75 Å². The Bertz CT molecular complexity index is 1470. The number of carbonyl (C=O) groups excluding carboxylic acids is 1. The second kappa shape index (κ2) is 8.58. The van der Waals surface area contributed by atoms with E-state index in [1.54, 1.807) is 25.1 Å². The minimum atomic E-state index is -3.86. The van der Waals surface area contributed by atoms with Crippen LogP contribution in [-0.4, -0.2) is 40.2 Å². The molecule has 0 aliphatic heterocycles. The van der Waals surface area contributed by atoms with Gasteiger partial charge in [-0.05, 0) is 42.3 Å². The van der Waals surface area contributed by atoms with Crippen molar-refractivity contribution in [3.8, 4) is 16.9 Å². The van der Waals surface area contributed by atoms with Gasteiger partial charge in [-0.1, -0.05) is 19.1 Å². The van der Waals surface area contributed by atoms with Crippen LogP contribution in [0.2, 0.25) is 0 Å². The van der Waals surface area contributed by atoms with Crippen molar-refractivity contribution in [2.45, 2.75) is 13.3 Å². The number of nitrogens with one attached hydrogen (secondary N) is 2. The van der Waals surface area contributed by atoms with Crippen molar-refractivity contribution in [3.05, 3.63) is 71.6 Å². The first-order valence-electron chi connectivity index (χ1n) is 9.87. The number of aromatic nitrogens is 3. The standard InChI is InChI=1S/C22H18F2N4O4S/c1-2-9-33(31,32)28-17-8-7-16(23)18(19(17)24)21(30)20-15-10-13(11-25-22(15)27-26-20)12-3-5-14(29)6-4-12/h3-8,10-11,28-29H,2,9H2,1H3,(H,25,26,27). The topological polar surface area (TPSA) is 125 Å². The number of aromatic amines is 1. The third-order valence-corrected chi connectivity index (χ3v) is 6.37. The van der Waals surface area contributed by atoms with Gasteiger partial charge in [0.2, 0.25) is 15.8 Å². The predicted molar refractivity (Wildman–Crippen MR) is 118 cm³/mol. The van der Waals surface area contributed by atoms with Gasteiger partial charge in [-0.2, -0.15) is 5.10 Å². The van der Waals surface area contributed by atoms with Crippen LogP contribution in [0.4, 0.5) is 14.5 Å². The van der Waals surface area contributed by atoms with Crippen LogP contribution in [0.3, 0.4) is 0 Å². The minimum Gasteiger partial charge on any atom is -0.508 e. The molecule has 2 heterocycles. The number of phenolic OH excluding ortho intramolecular Hbond substituents is 1. The van der Waals surface area contributed by atoms with Crippen molar-refractivity contribution in [2.24, 2.45) is 0 Å². The van der Waals surface area contributed by atoms with Gasteiger partial charge in [-0.25, -0.2) is 22.2 Å². The summed E-state index contributed by atoms with van der Waals surface area (Å²) in [5, 5.41) is 16.1. The second-order valence-electron chi connectivity index (χ2n) is 7.27. The number of sulfonamides is 1. The van der Waals surface area contributed by atoms with Crippen LogP contribution < -0.4 is 4.72 Å². The van der Waals surface area contributed by atoms with E-state index in [1.807, 2.05) is 4.72 Å². The van der Waals surface area contributed by atoms with Crippen LogP contribution in [0.1, 0.15) is 29.4 Å². The molecule has 2 aromatic carbocycles. The number of benzene rings is 2. The molecule has 170 valence electrons. The van der Waals surface area contributed by atoms with E-state index in [9.17, 15) is 22.7 Å². The molecule has 8 nitrogen and oxygen atoms in total. The minimum absolute atomic E-state index is 0.0763. The lowest BCUT2D eigenvalue weighted by atomic mass is 10.0. The predicted octanol–water partition coefficient (Wildman–Crippen LogP) is 3.99. The number of nitrogens with zero attached hydrogens (tertiary/aromatic N) is 2. The molecule has 0 spiro atoms. The van der Waals surface area contributed by atoms with Crippen molar-refractivity contribution in [2.75, 3.05) is 10.5 Å². The summed E-state index contributed by atoms with van der Waals surface area (Å²) in [7, 11) is -3.86. The molecule has 0 atom stereocenters. The molecule has 0 aliphatic rings. The van der Waals surface area contributed by atoms with Crippen LogP contribution in [0, 0.1) is 11.6 Å². The van der Waals surface area contributed by atoms with Gasteiger partial charge >= 0.3 is 0 Å². The Hall–Kier alpha value is -3.86. The largest absolute Gasteiger partial charge is 0.508 e. The molecule has 3 N–H and O–H groups in total. The van der Waals surface area contributed by atoms with E-state index >= 15 is 4.39 Å². The monoisotopic (exact) mass is 472 g/mol. The number of phenols is 1. The highest BCUT2D eigenvalue weighted by atomic mass is 32.2. The van der Waals surface area contributed by atoms with Gasteiger partial charge < -0.3 is 5.11 Å². The van der Waals surface area contributed by atoms with E-state index in [0.29, 0.717) is 17.5 Å². The van der Waals surface area contributed by atoms with Gasteiger partial charge in [0.05, 0.1) is 22.4 Å². The average molecular weight is 472 g/mol. The summed E-state index contributed by atoms with van der Waals surface area (Å²) >= 11 is 0. The molecule has 4 aromatic rings. The van der Waals surface area contributed by atoms with Gasteiger partial charge in [-0.3, -0.25) is 14.6 Å². The number of hydrogen-bond donors (Lipinski definition) is 3. The maximum atomic E-state index is 15.1. The van der Waals surface area contributed by atoms with E-state index in [2.05, 4.69) is 15.2 Å². The molecule has 0 radical (unpaired) electrons. The van der Waals surface area contributed by atoms with Gasteiger partial charge in [0.1, 0.15) is 17.3 Å². The Morgan fingerprint density at radius 2 is 1.85 bits per heavy atom. The molecular formula is C22H18F2N4O4S. The number of pyridine rings is 1. The van der Waals surface area contributed by atoms with E-state index < -0.39 is 38.7 Å². The van der Waals surface area contributed by atoms with E-state index in [1.165, 1.54) is 18.3 Å². The fourth-order valence-corrected chi connectivity index (χ4v) is 4.47. The number of carbonyl (C=O) groups is 1. The first kappa shape index (κ1) is 22.3. The average Bonchev–Trinajstić information content (AvgIpc) is 3.19. The van der Waals surface area contributed by atoms with Crippen molar-refractivity contribution in [1.82, 2.24) is 15.2 Å². The summed E-state index contributed by atoms with van der Waals surface area (Å²) in [6, 6.07) is 9.56. The van der Waals surface area contributed by atoms with Gasteiger partial charge in [-0.15, -0.1) is 0 Å². The summed E-state index contributed by atoms with van der Waals surface area (Å²) in [6.07, 6.45) is 1.81. The third-order valence-electron chi connectivity index (χ3n) is 4.89. The zero-order chi connectivity index (χ0) is 23.8. The molecule has 4 rings (SSSR count). The quantitative estimate of drug-likeness (QED) is 0.349. The Labute approximate surface area is 187 Å². The second-order valence-corrected chi connectivity index (χ2v) is 9.12. The maximum absolute atomic E-state index is 15.1. The van der Waals surface area contributed by atoms with Crippen LogP contribution >= 0.6 is 0 Å². The molecule has 0 saturated heterocycles.